The summed E-state index contributed by atoms with van der Waals surface area (Å²) in [6.07, 6.45) is 4.58. The van der Waals surface area contributed by atoms with E-state index >= 15 is 0 Å². The van der Waals surface area contributed by atoms with Crippen LogP contribution in [0.1, 0.15) is 47.0 Å². The predicted molar refractivity (Wildman–Crippen MR) is 79.9 cm³/mol. The summed E-state index contributed by atoms with van der Waals surface area (Å²) in [6.45, 7) is 15.1. The van der Waals surface area contributed by atoms with Gasteiger partial charge in [-0.1, -0.05) is 27.7 Å². The van der Waals surface area contributed by atoms with E-state index in [0.717, 1.165) is 19.6 Å². The van der Waals surface area contributed by atoms with Crippen LogP contribution in [-0.2, 0) is 4.79 Å². The molecule has 0 unspecified atom stereocenters. The van der Waals surface area contributed by atoms with Gasteiger partial charge in [0.15, 0.2) is 0 Å². The summed E-state index contributed by atoms with van der Waals surface area (Å²) >= 11 is 0. The first-order valence-corrected chi connectivity index (χ1v) is 7.36. The number of amides is 1. The van der Waals surface area contributed by atoms with Crippen molar-refractivity contribution in [2.24, 2.45) is 0 Å². The topological polar surface area (TPSA) is 44.4 Å². The number of hydrogen-bond acceptors (Lipinski definition) is 3. The first-order valence-electron chi connectivity index (χ1n) is 7.36. The Kier molecular flexibility index (Phi) is 20.5. The van der Waals surface area contributed by atoms with Crippen molar-refractivity contribution >= 4 is 6.41 Å². The minimum atomic E-state index is 0.706. The lowest BCUT2D eigenvalue weighted by molar-refractivity contribution is -0.109. The SMILES string of the molecule is CCCN(CCC)CCC.CCNCCNC=O. The number of likely N-dealkylation sites (N-methyl/N-ethyl adjacent to an activating group) is 1. The van der Waals surface area contributed by atoms with Crippen LogP contribution in [-0.4, -0.2) is 50.6 Å². The van der Waals surface area contributed by atoms with Gasteiger partial charge in [-0.25, -0.2) is 0 Å². The standard InChI is InChI=1S/C9H21N.C5H12N2O/c1-4-7-10(8-5-2)9-6-3;1-2-6-3-4-7-5-8/h4-9H2,1-3H3;5-6H,2-4H2,1H3,(H,7,8). The summed E-state index contributed by atoms with van der Waals surface area (Å²) in [6, 6.07) is 0. The van der Waals surface area contributed by atoms with Gasteiger partial charge in [0.05, 0.1) is 0 Å². The van der Waals surface area contributed by atoms with Crippen molar-refractivity contribution in [2.45, 2.75) is 47.0 Å². The number of nitrogens with zero attached hydrogens (tertiary/aromatic N) is 1. The first-order chi connectivity index (χ1) is 8.76. The Bertz CT molecular complexity index is 140. The Morgan fingerprint density at radius 3 is 1.72 bits per heavy atom. The molecule has 0 aromatic carbocycles. The van der Waals surface area contributed by atoms with Gasteiger partial charge in [0.2, 0.25) is 6.41 Å². The average Bonchev–Trinajstić information content (AvgIpc) is 2.37. The van der Waals surface area contributed by atoms with Gasteiger partial charge in [-0.05, 0) is 45.4 Å². The molecule has 0 aromatic heterocycles. The lowest BCUT2D eigenvalue weighted by Gasteiger charge is -2.19. The molecule has 0 aliphatic rings. The van der Waals surface area contributed by atoms with Gasteiger partial charge in [-0.15, -0.1) is 0 Å². The molecule has 110 valence electrons. The second kappa shape index (κ2) is 18.7. The molecule has 2 N–H and O–H groups in total. The smallest absolute Gasteiger partial charge is 0.207 e. The minimum absolute atomic E-state index is 0.706. The van der Waals surface area contributed by atoms with Gasteiger partial charge < -0.3 is 15.5 Å². The van der Waals surface area contributed by atoms with Gasteiger partial charge in [-0.2, -0.15) is 0 Å². The maximum absolute atomic E-state index is 9.63. The van der Waals surface area contributed by atoms with Crippen molar-refractivity contribution in [3.63, 3.8) is 0 Å². The van der Waals surface area contributed by atoms with E-state index in [4.69, 9.17) is 0 Å². The monoisotopic (exact) mass is 259 g/mol. The van der Waals surface area contributed by atoms with E-state index in [-0.39, 0.29) is 0 Å². The second-order valence-corrected chi connectivity index (χ2v) is 4.27. The number of carbonyl (C=O) groups excluding carboxylic acids is 1. The van der Waals surface area contributed by atoms with Crippen molar-refractivity contribution in [3.8, 4) is 0 Å². The number of nitrogens with one attached hydrogen (secondary N) is 2. The van der Waals surface area contributed by atoms with Crippen molar-refractivity contribution < 1.29 is 4.79 Å². The van der Waals surface area contributed by atoms with E-state index in [0.29, 0.717) is 6.41 Å². The Labute approximate surface area is 114 Å². The molecule has 0 rings (SSSR count). The van der Waals surface area contributed by atoms with Crippen molar-refractivity contribution in [1.82, 2.24) is 15.5 Å². The van der Waals surface area contributed by atoms with Crippen LogP contribution in [0.4, 0.5) is 0 Å². The molecule has 0 radical (unpaired) electrons. The molecule has 0 saturated heterocycles. The fourth-order valence-electron chi connectivity index (χ4n) is 1.68. The van der Waals surface area contributed by atoms with E-state index in [2.05, 4.69) is 36.3 Å². The zero-order valence-electron chi connectivity index (χ0n) is 12.8. The Balaban J connectivity index is 0. The highest BCUT2D eigenvalue weighted by Crippen LogP contribution is 1.94. The van der Waals surface area contributed by atoms with Gasteiger partial charge in [-0.3, -0.25) is 4.79 Å². The van der Waals surface area contributed by atoms with E-state index in [9.17, 15) is 4.79 Å². The molecule has 0 saturated carbocycles. The Hall–Kier alpha value is -0.610. The number of carbonyl (C=O) groups is 1. The van der Waals surface area contributed by atoms with Crippen LogP contribution >= 0.6 is 0 Å². The van der Waals surface area contributed by atoms with Crippen LogP contribution in [0.15, 0.2) is 0 Å². The third kappa shape index (κ3) is 17.8. The lowest BCUT2D eigenvalue weighted by Crippen LogP contribution is -2.25. The highest BCUT2D eigenvalue weighted by atomic mass is 16.1. The van der Waals surface area contributed by atoms with Crippen LogP contribution in [0.25, 0.3) is 0 Å². The van der Waals surface area contributed by atoms with Crippen molar-refractivity contribution in [3.05, 3.63) is 0 Å². The van der Waals surface area contributed by atoms with E-state index in [1.807, 2.05) is 6.92 Å². The molecule has 0 aromatic rings. The fraction of sp³-hybridized carbons (Fsp3) is 0.929. The third-order valence-corrected chi connectivity index (χ3v) is 2.40. The lowest BCUT2D eigenvalue weighted by atomic mass is 10.3. The highest BCUT2D eigenvalue weighted by molar-refractivity contribution is 5.45. The molecule has 0 spiro atoms. The van der Waals surface area contributed by atoms with Crippen LogP contribution in [0, 0.1) is 0 Å². The summed E-state index contributed by atoms with van der Waals surface area (Å²) in [5.74, 6) is 0. The molecular weight excluding hydrogens is 226 g/mol. The molecular formula is C14H33N3O. The maximum atomic E-state index is 9.63. The van der Waals surface area contributed by atoms with E-state index in [1.54, 1.807) is 0 Å². The van der Waals surface area contributed by atoms with Crippen LogP contribution < -0.4 is 10.6 Å². The highest BCUT2D eigenvalue weighted by Gasteiger charge is 1.98. The maximum Gasteiger partial charge on any atom is 0.207 e. The molecule has 0 heterocycles. The predicted octanol–water partition coefficient (Wildman–Crippen LogP) is 1.86. The molecule has 0 aliphatic carbocycles. The van der Waals surface area contributed by atoms with Crippen molar-refractivity contribution in [1.29, 1.82) is 0 Å². The zero-order chi connectivity index (χ0) is 14.1. The van der Waals surface area contributed by atoms with Crippen molar-refractivity contribution in [2.75, 3.05) is 39.3 Å². The zero-order valence-corrected chi connectivity index (χ0v) is 12.8. The second-order valence-electron chi connectivity index (χ2n) is 4.27. The largest absolute Gasteiger partial charge is 0.357 e. The fourth-order valence-corrected chi connectivity index (χ4v) is 1.68. The van der Waals surface area contributed by atoms with Gasteiger partial charge >= 0.3 is 0 Å². The van der Waals surface area contributed by atoms with E-state index < -0.39 is 0 Å². The number of hydrogen-bond donors (Lipinski definition) is 2. The molecule has 1 amide bonds. The molecule has 0 atom stereocenters. The number of rotatable bonds is 11. The Morgan fingerprint density at radius 1 is 0.889 bits per heavy atom. The van der Waals surface area contributed by atoms with Gasteiger partial charge in [0.25, 0.3) is 0 Å². The van der Waals surface area contributed by atoms with Crippen LogP contribution in [0.3, 0.4) is 0 Å². The summed E-state index contributed by atoms with van der Waals surface area (Å²) in [4.78, 5) is 12.2. The molecule has 4 nitrogen and oxygen atoms in total. The summed E-state index contributed by atoms with van der Waals surface area (Å²) in [5, 5.41) is 5.60. The summed E-state index contributed by atoms with van der Waals surface area (Å²) < 4.78 is 0. The molecule has 0 aliphatic heterocycles. The molecule has 0 bridgehead atoms. The van der Waals surface area contributed by atoms with Gasteiger partial charge in [0, 0.05) is 13.1 Å². The van der Waals surface area contributed by atoms with Crippen LogP contribution in [0.5, 0.6) is 0 Å². The third-order valence-electron chi connectivity index (χ3n) is 2.40. The first kappa shape index (κ1) is 19.7. The normalized spacial score (nSPS) is 9.83. The van der Waals surface area contributed by atoms with Gasteiger partial charge in [0.1, 0.15) is 0 Å². The average molecular weight is 259 g/mol. The summed E-state index contributed by atoms with van der Waals surface area (Å²) in [7, 11) is 0. The molecule has 0 fully saturated rings. The minimum Gasteiger partial charge on any atom is -0.357 e. The van der Waals surface area contributed by atoms with Crippen LogP contribution in [0.2, 0.25) is 0 Å². The molecule has 18 heavy (non-hydrogen) atoms. The summed E-state index contributed by atoms with van der Waals surface area (Å²) in [5.41, 5.74) is 0. The quantitative estimate of drug-likeness (QED) is 0.440. The molecule has 4 heteroatoms. The Morgan fingerprint density at radius 2 is 1.39 bits per heavy atom. The van der Waals surface area contributed by atoms with E-state index in [1.165, 1.54) is 38.9 Å².